The Morgan fingerprint density at radius 3 is 2.33 bits per heavy atom. The molecule has 1 saturated heterocycles. The van der Waals surface area contributed by atoms with Crippen molar-refractivity contribution in [2.75, 3.05) is 37.6 Å². The Bertz CT molecular complexity index is 483. The van der Waals surface area contributed by atoms with Crippen LogP contribution in [0.25, 0.3) is 0 Å². The van der Waals surface area contributed by atoms with Crippen LogP contribution in [0, 0.1) is 0 Å². The molecule has 0 saturated carbocycles. The maximum atomic E-state index is 12.4. The van der Waals surface area contributed by atoms with Crippen molar-refractivity contribution in [3.05, 3.63) is 28.2 Å². The zero-order chi connectivity index (χ0) is 15.6. The van der Waals surface area contributed by atoms with Gasteiger partial charge in [0.25, 0.3) is 0 Å². The Morgan fingerprint density at radius 2 is 1.86 bits per heavy atom. The van der Waals surface area contributed by atoms with Gasteiger partial charge in [0, 0.05) is 42.4 Å². The fourth-order valence-corrected chi connectivity index (χ4v) is 3.23. The lowest BCUT2D eigenvalue weighted by molar-refractivity contribution is -0.146. The van der Waals surface area contributed by atoms with E-state index in [1.54, 1.807) is 0 Å². The maximum Gasteiger partial charge on any atom is 0.401 e. The van der Waals surface area contributed by atoms with Crippen LogP contribution < -0.4 is 10.6 Å². The lowest BCUT2D eigenvalue weighted by atomic mass is 10.1. The highest BCUT2D eigenvalue weighted by atomic mass is 79.9. The van der Waals surface area contributed by atoms with Crippen LogP contribution in [0.1, 0.15) is 18.5 Å². The van der Waals surface area contributed by atoms with Gasteiger partial charge in [0.1, 0.15) is 0 Å². The van der Waals surface area contributed by atoms with Crippen LogP contribution >= 0.6 is 15.9 Å². The largest absolute Gasteiger partial charge is 0.401 e. The number of nitrogens with zero attached hydrogens (tertiary/aromatic N) is 2. The van der Waals surface area contributed by atoms with Gasteiger partial charge in [-0.3, -0.25) is 4.90 Å². The van der Waals surface area contributed by atoms with Crippen molar-refractivity contribution in [3.8, 4) is 0 Å². The van der Waals surface area contributed by atoms with E-state index in [1.807, 2.05) is 25.1 Å². The second kappa shape index (κ2) is 6.54. The van der Waals surface area contributed by atoms with E-state index >= 15 is 0 Å². The normalized spacial score (nSPS) is 18.9. The highest BCUT2D eigenvalue weighted by Gasteiger charge is 2.32. The molecule has 0 radical (unpaired) electrons. The molecule has 1 heterocycles. The average molecular weight is 366 g/mol. The zero-order valence-electron chi connectivity index (χ0n) is 11.8. The van der Waals surface area contributed by atoms with Crippen LogP contribution in [0.4, 0.5) is 18.9 Å². The van der Waals surface area contributed by atoms with Crippen LogP contribution in [-0.4, -0.2) is 43.8 Å². The van der Waals surface area contributed by atoms with Gasteiger partial charge in [-0.05, 0) is 24.6 Å². The first-order valence-electron chi connectivity index (χ1n) is 6.85. The van der Waals surface area contributed by atoms with Gasteiger partial charge in [0.15, 0.2) is 0 Å². The van der Waals surface area contributed by atoms with E-state index < -0.39 is 12.7 Å². The third-order valence-electron chi connectivity index (χ3n) is 3.61. The third kappa shape index (κ3) is 4.59. The quantitative estimate of drug-likeness (QED) is 0.892. The Morgan fingerprint density at radius 1 is 1.24 bits per heavy atom. The lowest BCUT2D eigenvalue weighted by Crippen LogP contribution is -2.49. The number of halogens is 4. The fourth-order valence-electron chi connectivity index (χ4n) is 2.50. The second-order valence-corrected chi connectivity index (χ2v) is 6.23. The number of rotatable bonds is 3. The van der Waals surface area contributed by atoms with E-state index in [0.29, 0.717) is 26.2 Å². The van der Waals surface area contributed by atoms with Gasteiger partial charge in [0.05, 0.1) is 6.54 Å². The van der Waals surface area contributed by atoms with Gasteiger partial charge in [-0.15, -0.1) is 0 Å². The monoisotopic (exact) mass is 365 g/mol. The highest BCUT2D eigenvalue weighted by Crippen LogP contribution is 2.28. The molecule has 1 fully saturated rings. The number of nitrogens with two attached hydrogens (primary N) is 1. The molecular formula is C14H19BrF3N3. The number of alkyl halides is 3. The summed E-state index contributed by atoms with van der Waals surface area (Å²) in [5.74, 6) is 0. The van der Waals surface area contributed by atoms with E-state index in [9.17, 15) is 13.2 Å². The van der Waals surface area contributed by atoms with Crippen molar-refractivity contribution in [1.82, 2.24) is 4.90 Å². The van der Waals surface area contributed by atoms with Crippen molar-refractivity contribution in [1.29, 1.82) is 0 Å². The number of piperazine rings is 1. The van der Waals surface area contributed by atoms with Crippen LogP contribution in [0.15, 0.2) is 22.7 Å². The summed E-state index contributed by atoms with van der Waals surface area (Å²) in [6.45, 7) is 3.13. The molecule has 1 atom stereocenters. The molecule has 0 aliphatic carbocycles. The number of hydrogen-bond acceptors (Lipinski definition) is 3. The summed E-state index contributed by atoms with van der Waals surface area (Å²) in [6.07, 6.45) is -4.12. The van der Waals surface area contributed by atoms with E-state index in [4.69, 9.17) is 5.73 Å². The van der Waals surface area contributed by atoms with Crippen LogP contribution in [0.5, 0.6) is 0 Å². The first-order chi connectivity index (χ1) is 9.76. The molecule has 1 aliphatic heterocycles. The van der Waals surface area contributed by atoms with Gasteiger partial charge in [-0.2, -0.15) is 13.2 Å². The minimum atomic E-state index is -4.12. The zero-order valence-corrected chi connectivity index (χ0v) is 13.4. The molecule has 0 aromatic heterocycles. The lowest BCUT2D eigenvalue weighted by Gasteiger charge is -2.36. The molecule has 3 nitrogen and oxygen atoms in total. The molecule has 7 heteroatoms. The van der Waals surface area contributed by atoms with E-state index in [0.717, 1.165) is 15.7 Å². The molecule has 21 heavy (non-hydrogen) atoms. The molecule has 0 unspecified atom stereocenters. The van der Waals surface area contributed by atoms with Crippen molar-refractivity contribution < 1.29 is 13.2 Å². The van der Waals surface area contributed by atoms with E-state index in [2.05, 4.69) is 20.8 Å². The van der Waals surface area contributed by atoms with Crippen molar-refractivity contribution >= 4 is 21.6 Å². The van der Waals surface area contributed by atoms with Gasteiger partial charge in [-0.25, -0.2) is 0 Å². The number of benzene rings is 1. The summed E-state index contributed by atoms with van der Waals surface area (Å²) < 4.78 is 38.0. The first-order valence-corrected chi connectivity index (χ1v) is 7.64. The minimum absolute atomic E-state index is 0.0583. The van der Waals surface area contributed by atoms with Crippen LogP contribution in [0.2, 0.25) is 0 Å². The Hall–Kier alpha value is -0.790. The summed E-state index contributed by atoms with van der Waals surface area (Å²) in [5, 5.41) is 0. The van der Waals surface area contributed by atoms with Crippen LogP contribution in [0.3, 0.4) is 0 Å². The van der Waals surface area contributed by atoms with Gasteiger partial charge < -0.3 is 10.6 Å². The fraction of sp³-hybridized carbons (Fsp3) is 0.571. The molecule has 2 rings (SSSR count). The first kappa shape index (κ1) is 16.6. The Balaban J connectivity index is 1.98. The SMILES string of the molecule is C[C@H](N)c1ccc(N2CCN(CC(F)(F)F)CC2)cc1Br. The third-order valence-corrected chi connectivity index (χ3v) is 4.30. The van der Waals surface area contributed by atoms with Gasteiger partial charge in [-0.1, -0.05) is 22.0 Å². The summed E-state index contributed by atoms with van der Waals surface area (Å²) in [7, 11) is 0. The average Bonchev–Trinajstić information content (AvgIpc) is 2.37. The molecule has 1 aromatic rings. The molecule has 118 valence electrons. The van der Waals surface area contributed by atoms with Crippen molar-refractivity contribution in [2.45, 2.75) is 19.1 Å². The molecule has 2 N–H and O–H groups in total. The summed E-state index contributed by atoms with van der Waals surface area (Å²) >= 11 is 3.50. The smallest absolute Gasteiger partial charge is 0.369 e. The molecule has 1 aromatic carbocycles. The Labute approximate surface area is 131 Å². The Kier molecular flexibility index (Phi) is 5.16. The predicted octanol–water partition coefficient (Wildman–Crippen LogP) is 3.15. The minimum Gasteiger partial charge on any atom is -0.369 e. The predicted molar refractivity (Wildman–Crippen MR) is 81.5 cm³/mol. The summed E-state index contributed by atoms with van der Waals surface area (Å²) in [4.78, 5) is 3.55. The van der Waals surface area contributed by atoms with Crippen LogP contribution in [-0.2, 0) is 0 Å². The number of hydrogen-bond donors (Lipinski definition) is 1. The van der Waals surface area contributed by atoms with Crippen molar-refractivity contribution in [3.63, 3.8) is 0 Å². The summed E-state index contributed by atoms with van der Waals surface area (Å²) in [6, 6.07) is 5.87. The van der Waals surface area contributed by atoms with E-state index in [-0.39, 0.29) is 6.04 Å². The molecule has 0 bridgehead atoms. The van der Waals surface area contributed by atoms with Crippen molar-refractivity contribution in [2.24, 2.45) is 5.73 Å². The maximum absolute atomic E-state index is 12.4. The topological polar surface area (TPSA) is 32.5 Å². The number of anilines is 1. The second-order valence-electron chi connectivity index (χ2n) is 5.37. The molecular weight excluding hydrogens is 347 g/mol. The summed E-state index contributed by atoms with van der Waals surface area (Å²) in [5.41, 5.74) is 7.90. The molecule has 0 amide bonds. The molecule has 0 spiro atoms. The van der Waals surface area contributed by atoms with Gasteiger partial charge in [0.2, 0.25) is 0 Å². The molecule has 1 aliphatic rings. The standard InChI is InChI=1S/C14H19BrF3N3/c1-10(19)12-3-2-11(8-13(12)15)21-6-4-20(5-7-21)9-14(16,17)18/h2-3,8,10H,4-7,9,19H2,1H3/t10-/m0/s1. The highest BCUT2D eigenvalue weighted by molar-refractivity contribution is 9.10. The van der Waals surface area contributed by atoms with E-state index in [1.165, 1.54) is 4.90 Å². The van der Waals surface area contributed by atoms with Gasteiger partial charge >= 0.3 is 6.18 Å².